The number of hydrogen-bond acceptors (Lipinski definition) is 10. The number of aromatic nitrogens is 2. The lowest BCUT2D eigenvalue weighted by molar-refractivity contribution is -0.949. The van der Waals surface area contributed by atoms with Crippen molar-refractivity contribution in [1.29, 1.82) is 0 Å². The third-order valence-corrected chi connectivity index (χ3v) is 12.2. The van der Waals surface area contributed by atoms with Crippen LogP contribution < -0.4 is 20.0 Å². The fourth-order valence-electron chi connectivity index (χ4n) is 9.26. The van der Waals surface area contributed by atoms with Crippen molar-refractivity contribution in [3.63, 3.8) is 0 Å². The number of carboxylic acids is 2. The zero-order valence-corrected chi connectivity index (χ0v) is 31.2. The summed E-state index contributed by atoms with van der Waals surface area (Å²) in [5, 5.41) is 60.0. The van der Waals surface area contributed by atoms with E-state index in [1.807, 2.05) is 60.9 Å². The van der Waals surface area contributed by atoms with Gasteiger partial charge in [0.05, 0.1) is 49.2 Å². The average molecular weight is 775 g/mol. The number of rotatable bonds is 9. The first-order valence-corrected chi connectivity index (χ1v) is 18.8. The SMILES string of the molecule is C=C[C@H]1C[NH+]2CC[C@H]1C[C@H]2[C@H](O)c1ccnc2ccccc12.C=C[C@H]1C[NH+]2CC[C@H]1C[C@H]2[C@H](O)c1ccnc2ccccc12.O.O.O=C([O-])[C@H](O)[C@@H](O)C(=O)[O-]. The number of aliphatic carboxylic acids is 2. The molecule has 0 spiro atoms. The number of fused-ring (bicyclic) bond motifs is 8. The maximum absolute atomic E-state index is 11.0. The predicted octanol–water partition coefficient (Wildman–Crippen LogP) is -2.95. The molecule has 6 aliphatic rings. The van der Waals surface area contributed by atoms with E-state index in [2.05, 4.69) is 47.4 Å². The van der Waals surface area contributed by atoms with Crippen LogP contribution in [0.2, 0.25) is 0 Å². The van der Waals surface area contributed by atoms with Crippen LogP contribution in [0.1, 0.15) is 49.0 Å². The van der Waals surface area contributed by atoms with E-state index in [0.29, 0.717) is 35.8 Å². The Morgan fingerprint density at radius 1 is 0.661 bits per heavy atom. The number of nitrogens with one attached hydrogen (secondary N) is 2. The Morgan fingerprint density at radius 2 is 1.04 bits per heavy atom. The average Bonchev–Trinajstić information content (AvgIpc) is 3.22. The third-order valence-electron chi connectivity index (χ3n) is 12.2. The van der Waals surface area contributed by atoms with E-state index >= 15 is 0 Å². The van der Waals surface area contributed by atoms with Gasteiger partial charge in [-0.05, 0) is 47.2 Å². The summed E-state index contributed by atoms with van der Waals surface area (Å²) in [7, 11) is 0. The van der Waals surface area contributed by atoms with Gasteiger partial charge >= 0.3 is 0 Å². The maximum atomic E-state index is 11.0. The number of carboxylic acid groups (broad SMARTS) is 2. The minimum Gasteiger partial charge on any atom is -0.547 e. The highest BCUT2D eigenvalue weighted by Crippen LogP contribution is 2.35. The van der Waals surface area contributed by atoms with Crippen molar-refractivity contribution in [3.8, 4) is 0 Å². The quantitative estimate of drug-likeness (QED) is 0.0943. The number of hydrogen-bond donors (Lipinski definition) is 6. The van der Waals surface area contributed by atoms with E-state index in [4.69, 9.17) is 10.2 Å². The second-order valence-corrected chi connectivity index (χ2v) is 15.1. The lowest BCUT2D eigenvalue weighted by Gasteiger charge is -2.47. The molecule has 10 N–H and O–H groups in total. The Morgan fingerprint density at radius 3 is 1.36 bits per heavy atom. The van der Waals surface area contributed by atoms with E-state index in [1.54, 1.807) is 9.80 Å². The zero-order chi connectivity index (χ0) is 38.5. The molecule has 302 valence electrons. The Kier molecular flexibility index (Phi) is 15.3. The standard InChI is InChI=1S/2C19H22N2O.C4H6O6.2H2O/c2*1-2-13-12-21-10-8-14(13)11-18(21)19(22)16-7-9-20-17-6-4-3-5-15(16)17;5-1(3(7)8)2(6)4(9)10;;/h2*2-7,9,13-14,18-19,22H,1,8,10-12H2;1-2,5-6H,(H,7,8)(H,9,10);2*1H2/t2*13-,14-,18-,19+;1-,2-;;/m001../s1. The Labute approximate surface area is 325 Å². The maximum Gasteiger partial charge on any atom is 0.131 e. The van der Waals surface area contributed by atoms with Crippen molar-refractivity contribution in [2.45, 2.75) is 62.2 Å². The van der Waals surface area contributed by atoms with Crippen molar-refractivity contribution in [3.05, 3.63) is 109 Å². The van der Waals surface area contributed by atoms with Gasteiger partial charge in [-0.2, -0.15) is 0 Å². The largest absolute Gasteiger partial charge is 0.547 e. The molecule has 2 aromatic heterocycles. The number of para-hydroxylation sites is 2. The third kappa shape index (κ3) is 9.31. The van der Waals surface area contributed by atoms with Gasteiger partial charge in [-0.3, -0.25) is 9.97 Å². The van der Waals surface area contributed by atoms with Gasteiger partial charge in [-0.25, -0.2) is 0 Å². The fraction of sp³-hybridized carbons (Fsp3) is 0.429. The lowest BCUT2D eigenvalue weighted by Crippen LogP contribution is -3.20. The van der Waals surface area contributed by atoms with Crippen LogP contribution in [0, 0.1) is 23.7 Å². The van der Waals surface area contributed by atoms with E-state index < -0.39 is 36.4 Å². The van der Waals surface area contributed by atoms with Crippen LogP contribution in [-0.4, -0.2) is 104 Å². The highest BCUT2D eigenvalue weighted by molar-refractivity contribution is 5.83. The number of nitrogens with zero attached hydrogens (tertiary/aromatic N) is 2. The van der Waals surface area contributed by atoms with Crippen molar-refractivity contribution >= 4 is 33.7 Å². The molecule has 56 heavy (non-hydrogen) atoms. The van der Waals surface area contributed by atoms with Gasteiger partial charge in [-0.15, -0.1) is 13.2 Å². The van der Waals surface area contributed by atoms with Gasteiger partial charge < -0.3 is 61.0 Å². The van der Waals surface area contributed by atoms with Crippen LogP contribution in [0.15, 0.2) is 98.4 Å². The van der Waals surface area contributed by atoms with E-state index in [1.165, 1.54) is 25.9 Å². The lowest BCUT2D eigenvalue weighted by atomic mass is 9.73. The van der Waals surface area contributed by atoms with Crippen LogP contribution >= 0.6 is 0 Å². The Bertz CT molecular complexity index is 1810. The number of aliphatic hydroxyl groups is 4. The van der Waals surface area contributed by atoms with E-state index in [0.717, 1.165) is 58.9 Å². The summed E-state index contributed by atoms with van der Waals surface area (Å²) in [4.78, 5) is 31.2. The molecule has 0 amide bonds. The summed E-state index contributed by atoms with van der Waals surface area (Å²) >= 11 is 0. The smallest absolute Gasteiger partial charge is 0.131 e. The number of carbonyl (C=O) groups excluding carboxylic acids is 2. The first kappa shape index (κ1) is 44.1. The molecule has 2 aromatic carbocycles. The molecule has 6 aliphatic heterocycles. The summed E-state index contributed by atoms with van der Waals surface area (Å²) in [6, 6.07) is 20.8. The van der Waals surface area contributed by atoms with Gasteiger partial charge in [0.25, 0.3) is 0 Å². The fourth-order valence-corrected chi connectivity index (χ4v) is 9.26. The minimum atomic E-state index is -2.44. The van der Waals surface area contributed by atoms with Gasteiger partial charge in [0, 0.05) is 60.7 Å². The van der Waals surface area contributed by atoms with Crippen molar-refractivity contribution < 1.29 is 61.0 Å². The topological polar surface area (TPSA) is 259 Å². The van der Waals surface area contributed by atoms with Gasteiger partial charge in [-0.1, -0.05) is 48.6 Å². The number of piperidine rings is 6. The number of benzene rings is 2. The zero-order valence-electron chi connectivity index (χ0n) is 31.2. The second-order valence-electron chi connectivity index (χ2n) is 15.1. The molecule has 6 fully saturated rings. The number of pyridine rings is 2. The first-order chi connectivity index (χ1) is 26.0. The molecule has 8 heterocycles. The van der Waals surface area contributed by atoms with Crippen molar-refractivity contribution in [2.24, 2.45) is 23.7 Å². The van der Waals surface area contributed by atoms with Crippen LogP contribution in [0.5, 0.6) is 0 Å². The predicted molar refractivity (Wildman–Crippen MR) is 204 cm³/mol. The van der Waals surface area contributed by atoms with Crippen molar-refractivity contribution in [2.75, 3.05) is 26.2 Å². The molecule has 14 heteroatoms. The van der Waals surface area contributed by atoms with Crippen LogP contribution in [0.3, 0.4) is 0 Å². The van der Waals surface area contributed by atoms with Crippen LogP contribution in [0.4, 0.5) is 0 Å². The number of carbonyl (C=O) groups is 2. The Balaban J connectivity index is 0.000000197. The van der Waals surface area contributed by atoms with E-state index in [9.17, 15) is 30.0 Å². The summed E-state index contributed by atoms with van der Waals surface area (Å²) in [5.41, 5.74) is 4.00. The van der Waals surface area contributed by atoms with Gasteiger partial charge in [0.1, 0.15) is 36.5 Å². The molecular weight excluding hydrogens is 720 g/mol. The van der Waals surface area contributed by atoms with E-state index in [-0.39, 0.29) is 11.0 Å². The molecular formula is C42H54N4O10. The number of quaternary nitrogens is 2. The normalized spacial score (nSPS) is 28.0. The Hall–Kier alpha value is -4.64. The highest BCUT2D eigenvalue weighted by atomic mass is 16.4. The summed E-state index contributed by atoms with van der Waals surface area (Å²) < 4.78 is 0. The molecule has 12 atom stereocenters. The number of aliphatic hydroxyl groups excluding tert-OH is 4. The second kappa shape index (κ2) is 19.5. The van der Waals surface area contributed by atoms with Gasteiger partial charge in [0.2, 0.25) is 0 Å². The molecule has 6 saturated heterocycles. The van der Waals surface area contributed by atoms with Crippen LogP contribution in [-0.2, 0) is 9.59 Å². The molecule has 10 rings (SSSR count). The monoisotopic (exact) mass is 774 g/mol. The summed E-state index contributed by atoms with van der Waals surface area (Å²) in [5.74, 6) is -1.47. The molecule has 0 aliphatic carbocycles. The van der Waals surface area contributed by atoms with Crippen molar-refractivity contribution in [1.82, 2.24) is 9.97 Å². The molecule has 14 nitrogen and oxygen atoms in total. The summed E-state index contributed by atoms with van der Waals surface area (Å²) in [6.45, 7) is 12.6. The first-order valence-electron chi connectivity index (χ1n) is 18.8. The summed E-state index contributed by atoms with van der Waals surface area (Å²) in [6.07, 6.45) is 6.93. The minimum absolute atomic E-state index is 0. The molecule has 2 unspecified atom stereocenters. The van der Waals surface area contributed by atoms with Gasteiger partial charge in [0.15, 0.2) is 0 Å². The van der Waals surface area contributed by atoms with Crippen LogP contribution in [0.25, 0.3) is 21.8 Å². The molecule has 4 bridgehead atoms. The molecule has 4 aromatic rings. The highest BCUT2D eigenvalue weighted by Gasteiger charge is 2.47. The molecule has 0 radical (unpaired) electrons. The molecule has 0 saturated carbocycles.